The molecule has 21 heavy (non-hydrogen) atoms. The van der Waals surface area contributed by atoms with Gasteiger partial charge < -0.3 is 0 Å². The van der Waals surface area contributed by atoms with Crippen LogP contribution in [0.15, 0.2) is 33.8 Å². The molecule has 3 aromatic rings. The zero-order chi connectivity index (χ0) is 15.2. The Hall–Kier alpha value is -1.45. The predicted molar refractivity (Wildman–Crippen MR) is 85.3 cm³/mol. The normalized spacial score (nSPS) is 12.0. The monoisotopic (exact) mass is 386 g/mol. The number of rotatable bonds is 3. The van der Waals surface area contributed by atoms with Gasteiger partial charge in [-0.1, -0.05) is 23.5 Å². The van der Waals surface area contributed by atoms with Gasteiger partial charge in [-0.05, 0) is 41.9 Å². The summed E-state index contributed by atoms with van der Waals surface area (Å²) in [5.74, 6) is 0. The first-order valence-corrected chi connectivity index (χ1v) is 9.08. The van der Waals surface area contributed by atoms with Gasteiger partial charge in [0.1, 0.15) is 5.01 Å². The topological polar surface area (TPSA) is 76.4 Å². The van der Waals surface area contributed by atoms with Crippen LogP contribution >= 0.6 is 27.3 Å². The Morgan fingerprint density at radius 2 is 2.00 bits per heavy atom. The molecule has 0 amide bonds. The van der Waals surface area contributed by atoms with E-state index in [0.717, 1.165) is 5.01 Å². The summed E-state index contributed by atoms with van der Waals surface area (Å²) in [7, 11) is -3.77. The van der Waals surface area contributed by atoms with Crippen LogP contribution in [0.5, 0.6) is 0 Å². The predicted octanol–water partition coefficient (Wildman–Crippen LogP) is 2.97. The molecule has 0 unspecified atom stereocenters. The number of nitrogens with zero attached hydrogens (tertiary/aromatic N) is 3. The van der Waals surface area contributed by atoms with Crippen LogP contribution in [-0.4, -0.2) is 23.0 Å². The van der Waals surface area contributed by atoms with Gasteiger partial charge in [-0.15, -0.1) is 0 Å². The number of anilines is 1. The van der Waals surface area contributed by atoms with Gasteiger partial charge in [0.05, 0.1) is 11.4 Å². The van der Waals surface area contributed by atoms with Crippen molar-refractivity contribution in [2.75, 3.05) is 4.72 Å². The van der Waals surface area contributed by atoms with E-state index in [1.807, 2.05) is 13.0 Å². The van der Waals surface area contributed by atoms with Crippen LogP contribution in [0, 0.1) is 13.8 Å². The molecule has 0 saturated carbocycles. The Labute approximate surface area is 134 Å². The van der Waals surface area contributed by atoms with Gasteiger partial charge in [0.25, 0.3) is 10.0 Å². The van der Waals surface area contributed by atoms with Crippen molar-refractivity contribution in [3.63, 3.8) is 0 Å². The Balaban J connectivity index is 2.12. The molecule has 110 valence electrons. The molecule has 0 radical (unpaired) electrons. The molecule has 0 saturated heterocycles. The second-order valence-corrected chi connectivity index (χ2v) is 8.02. The lowest BCUT2D eigenvalue weighted by molar-refractivity contribution is 0.592. The van der Waals surface area contributed by atoms with Crippen LogP contribution in [0.1, 0.15) is 10.7 Å². The van der Waals surface area contributed by atoms with E-state index in [9.17, 15) is 8.42 Å². The van der Waals surface area contributed by atoms with E-state index in [0.29, 0.717) is 20.8 Å². The highest BCUT2D eigenvalue weighted by Crippen LogP contribution is 2.27. The first-order chi connectivity index (χ1) is 9.88. The third-order valence-corrected chi connectivity index (χ3v) is 5.78. The summed E-state index contributed by atoms with van der Waals surface area (Å²) >= 11 is 4.67. The van der Waals surface area contributed by atoms with Crippen molar-refractivity contribution in [2.24, 2.45) is 0 Å². The number of aromatic nitrogens is 3. The van der Waals surface area contributed by atoms with Crippen molar-refractivity contribution in [2.45, 2.75) is 18.9 Å². The maximum atomic E-state index is 12.6. The van der Waals surface area contributed by atoms with Gasteiger partial charge in [-0.3, -0.25) is 4.72 Å². The van der Waals surface area contributed by atoms with Crippen LogP contribution < -0.4 is 4.72 Å². The van der Waals surface area contributed by atoms with Crippen molar-refractivity contribution in [1.29, 1.82) is 0 Å². The van der Waals surface area contributed by atoms with Crippen LogP contribution in [-0.2, 0) is 10.0 Å². The smallest absolute Gasteiger partial charge is 0.277 e. The summed E-state index contributed by atoms with van der Waals surface area (Å²) in [5.41, 5.74) is 0.895. The number of fused-ring (bicyclic) bond motifs is 1. The lowest BCUT2D eigenvalue weighted by Crippen LogP contribution is -2.17. The number of benzene rings is 1. The maximum Gasteiger partial charge on any atom is 0.281 e. The van der Waals surface area contributed by atoms with E-state index >= 15 is 0 Å². The van der Waals surface area contributed by atoms with E-state index in [2.05, 4.69) is 30.7 Å². The van der Waals surface area contributed by atoms with Gasteiger partial charge in [0, 0.05) is 4.47 Å². The molecule has 2 heterocycles. The van der Waals surface area contributed by atoms with E-state index in [1.54, 1.807) is 25.1 Å². The van der Waals surface area contributed by atoms with Gasteiger partial charge in [-0.2, -0.15) is 18.0 Å². The highest BCUT2D eigenvalue weighted by atomic mass is 79.9. The summed E-state index contributed by atoms with van der Waals surface area (Å²) < 4.78 is 29.9. The second-order valence-electron chi connectivity index (χ2n) is 4.40. The molecule has 3 rings (SSSR count). The van der Waals surface area contributed by atoms with Gasteiger partial charge in [-0.25, -0.2) is 4.98 Å². The lowest BCUT2D eigenvalue weighted by Gasteiger charge is -2.09. The lowest BCUT2D eigenvalue weighted by atomic mass is 10.3. The maximum absolute atomic E-state index is 12.6. The number of sulfonamides is 1. The van der Waals surface area contributed by atoms with E-state index in [1.165, 1.54) is 15.9 Å². The van der Waals surface area contributed by atoms with Crippen molar-refractivity contribution in [3.8, 4) is 0 Å². The Kier molecular flexibility index (Phi) is 3.50. The summed E-state index contributed by atoms with van der Waals surface area (Å²) in [6.45, 7) is 3.47. The number of halogens is 1. The van der Waals surface area contributed by atoms with Crippen molar-refractivity contribution in [3.05, 3.63) is 39.4 Å². The highest BCUT2D eigenvalue weighted by molar-refractivity contribution is 9.10. The molecule has 0 aliphatic carbocycles. The van der Waals surface area contributed by atoms with Crippen molar-refractivity contribution >= 4 is 47.9 Å². The first kappa shape index (κ1) is 14.5. The summed E-state index contributed by atoms with van der Waals surface area (Å²) in [5, 5.41) is 5.03. The number of hydrogen-bond acceptors (Lipinski definition) is 5. The number of aryl methyl sites for hydroxylation is 2. The molecule has 1 N–H and O–H groups in total. The SMILES string of the molecule is Cc1nn2c(S(=O)(=O)Nc3ccccc3Br)c(C)nc2s1. The molecule has 0 aliphatic heterocycles. The molecule has 0 fully saturated rings. The van der Waals surface area contributed by atoms with Crippen LogP contribution in [0.2, 0.25) is 0 Å². The van der Waals surface area contributed by atoms with Gasteiger partial charge in [0.15, 0.2) is 0 Å². The fourth-order valence-corrected chi connectivity index (χ4v) is 4.69. The second kappa shape index (κ2) is 5.08. The molecule has 2 aromatic heterocycles. The average molecular weight is 387 g/mol. The van der Waals surface area contributed by atoms with Crippen LogP contribution in [0.25, 0.3) is 4.96 Å². The minimum Gasteiger partial charge on any atom is -0.277 e. The zero-order valence-corrected chi connectivity index (χ0v) is 14.4. The zero-order valence-electron chi connectivity index (χ0n) is 11.2. The number of imidazole rings is 1. The molecular weight excluding hydrogens is 376 g/mol. The highest BCUT2D eigenvalue weighted by Gasteiger charge is 2.25. The minimum absolute atomic E-state index is 0.0672. The fourth-order valence-electron chi connectivity index (χ4n) is 1.97. The van der Waals surface area contributed by atoms with E-state index in [-0.39, 0.29) is 5.03 Å². The van der Waals surface area contributed by atoms with Gasteiger partial charge in [0.2, 0.25) is 9.99 Å². The molecular formula is C12H11BrN4O2S2. The Morgan fingerprint density at radius 1 is 1.29 bits per heavy atom. The van der Waals surface area contributed by atoms with Crippen LogP contribution in [0.4, 0.5) is 5.69 Å². The fraction of sp³-hybridized carbons (Fsp3) is 0.167. The average Bonchev–Trinajstić information content (AvgIpc) is 2.86. The van der Waals surface area contributed by atoms with Gasteiger partial charge >= 0.3 is 0 Å². The molecule has 9 heteroatoms. The largest absolute Gasteiger partial charge is 0.281 e. The third-order valence-electron chi connectivity index (χ3n) is 2.80. The van der Waals surface area contributed by atoms with E-state index < -0.39 is 10.0 Å². The quantitative estimate of drug-likeness (QED) is 0.750. The Bertz CT molecular complexity index is 930. The third kappa shape index (κ3) is 2.56. The van der Waals surface area contributed by atoms with E-state index in [4.69, 9.17) is 0 Å². The minimum atomic E-state index is -3.77. The standard InChI is InChI=1S/C12H11BrN4O2S2/c1-7-11(17-12(14-7)20-8(2)15-17)21(18,19)16-10-6-4-3-5-9(10)13/h3-6,16H,1-2H3. The van der Waals surface area contributed by atoms with Crippen molar-refractivity contribution in [1.82, 2.24) is 14.6 Å². The van der Waals surface area contributed by atoms with Crippen LogP contribution in [0.3, 0.4) is 0 Å². The molecule has 0 bridgehead atoms. The summed E-state index contributed by atoms with van der Waals surface area (Å²) in [4.78, 5) is 4.82. The summed E-state index contributed by atoms with van der Waals surface area (Å²) in [6, 6.07) is 7.02. The number of hydrogen-bond donors (Lipinski definition) is 1. The molecule has 0 aliphatic rings. The number of para-hydroxylation sites is 1. The van der Waals surface area contributed by atoms with Crippen molar-refractivity contribution < 1.29 is 8.42 Å². The molecule has 1 aromatic carbocycles. The summed E-state index contributed by atoms with van der Waals surface area (Å²) in [6.07, 6.45) is 0. The Morgan fingerprint density at radius 3 is 2.71 bits per heavy atom. The molecule has 6 nitrogen and oxygen atoms in total. The molecule has 0 spiro atoms. The first-order valence-electron chi connectivity index (χ1n) is 5.98. The molecule has 0 atom stereocenters. The number of nitrogens with one attached hydrogen (secondary N) is 1.